The first-order chi connectivity index (χ1) is 14.9. The van der Waals surface area contributed by atoms with Crippen molar-refractivity contribution in [1.29, 1.82) is 5.26 Å². The first kappa shape index (κ1) is 20.2. The van der Waals surface area contributed by atoms with Gasteiger partial charge < -0.3 is 18.1 Å². The van der Waals surface area contributed by atoms with E-state index in [4.69, 9.17) is 13.6 Å². The average Bonchev–Trinajstić information content (AvgIpc) is 3.30. The van der Waals surface area contributed by atoms with Crippen molar-refractivity contribution in [1.82, 2.24) is 9.55 Å². The molecule has 0 spiro atoms. The molecular weight excluding hydrogens is 398 g/mol. The van der Waals surface area contributed by atoms with E-state index < -0.39 is 11.8 Å². The van der Waals surface area contributed by atoms with E-state index in [1.165, 1.54) is 6.20 Å². The summed E-state index contributed by atoms with van der Waals surface area (Å²) in [6.07, 6.45) is 3.36. The number of benzene rings is 1. The Bertz CT molecular complexity index is 1380. The van der Waals surface area contributed by atoms with Crippen LogP contribution in [0.25, 0.3) is 22.2 Å². The molecule has 8 heteroatoms. The van der Waals surface area contributed by atoms with Gasteiger partial charge in [-0.15, -0.1) is 0 Å². The summed E-state index contributed by atoms with van der Waals surface area (Å²) in [6, 6.07) is 11.4. The smallest absolute Gasteiger partial charge is 0.454 e. The van der Waals surface area contributed by atoms with Gasteiger partial charge in [0.1, 0.15) is 6.07 Å². The van der Waals surface area contributed by atoms with Crippen LogP contribution in [0.15, 0.2) is 56.4 Å². The van der Waals surface area contributed by atoms with Crippen molar-refractivity contribution in [2.75, 3.05) is 0 Å². The average molecular weight is 417 g/mol. The molecule has 0 saturated carbocycles. The van der Waals surface area contributed by atoms with Gasteiger partial charge >= 0.3 is 11.8 Å². The van der Waals surface area contributed by atoms with E-state index in [1.54, 1.807) is 19.1 Å². The molecule has 31 heavy (non-hydrogen) atoms. The minimum atomic E-state index is -0.840. The van der Waals surface area contributed by atoms with E-state index in [9.17, 15) is 14.9 Å². The first-order valence-corrected chi connectivity index (χ1v) is 9.65. The Morgan fingerprint density at radius 3 is 2.74 bits per heavy atom. The number of rotatable bonds is 5. The zero-order valence-corrected chi connectivity index (χ0v) is 17.2. The monoisotopic (exact) mass is 417 g/mol. The first-order valence-electron chi connectivity index (χ1n) is 9.65. The van der Waals surface area contributed by atoms with Gasteiger partial charge in [0.05, 0.1) is 16.8 Å². The molecular formula is C23H19N3O5. The van der Waals surface area contributed by atoms with Gasteiger partial charge in [0.25, 0.3) is 0 Å². The molecule has 4 aromatic rings. The minimum absolute atomic E-state index is 0.164. The number of pyridine rings is 1. The number of hydrogen-bond donors (Lipinski definition) is 0. The van der Waals surface area contributed by atoms with E-state index >= 15 is 0 Å². The SMILES string of the molecule is Cc1oc(=O)oc1COC(=O)c1ccnc(-c2ccc3c(c2)c(C#N)cn3C(C)C)c1. The molecule has 3 aromatic heterocycles. The largest absolute Gasteiger partial charge is 0.519 e. The molecule has 0 aliphatic heterocycles. The van der Waals surface area contributed by atoms with Crippen LogP contribution >= 0.6 is 0 Å². The maximum absolute atomic E-state index is 12.5. The van der Waals surface area contributed by atoms with E-state index in [1.807, 2.05) is 24.4 Å². The molecule has 0 atom stereocenters. The molecule has 0 fully saturated rings. The van der Waals surface area contributed by atoms with E-state index in [0.717, 1.165) is 16.5 Å². The van der Waals surface area contributed by atoms with Crippen molar-refractivity contribution in [2.45, 2.75) is 33.4 Å². The maximum Gasteiger partial charge on any atom is 0.519 e. The lowest BCUT2D eigenvalue weighted by Gasteiger charge is -2.09. The number of aryl methyl sites for hydroxylation is 1. The Morgan fingerprint density at radius 2 is 2.06 bits per heavy atom. The number of ether oxygens (including phenoxy) is 1. The number of fused-ring (bicyclic) bond motifs is 1. The highest BCUT2D eigenvalue weighted by atomic mass is 16.6. The Kier molecular flexibility index (Phi) is 5.17. The number of esters is 1. The van der Waals surface area contributed by atoms with Gasteiger partial charge in [-0.25, -0.2) is 9.59 Å². The third-order valence-electron chi connectivity index (χ3n) is 4.97. The van der Waals surface area contributed by atoms with E-state index in [0.29, 0.717) is 16.8 Å². The summed E-state index contributed by atoms with van der Waals surface area (Å²) < 4.78 is 16.9. The molecule has 8 nitrogen and oxygen atoms in total. The summed E-state index contributed by atoms with van der Waals surface area (Å²) in [5.74, 6) is -0.996. The highest BCUT2D eigenvalue weighted by Gasteiger charge is 2.15. The molecule has 0 aliphatic rings. The number of nitriles is 1. The van der Waals surface area contributed by atoms with Gasteiger partial charge in [0.15, 0.2) is 18.1 Å². The molecule has 4 rings (SSSR count). The van der Waals surface area contributed by atoms with Crippen molar-refractivity contribution in [3.63, 3.8) is 0 Å². The Hall–Kier alpha value is -4.12. The van der Waals surface area contributed by atoms with Crippen molar-refractivity contribution < 1.29 is 18.4 Å². The normalized spacial score (nSPS) is 11.1. The number of carbonyl (C=O) groups is 1. The lowest BCUT2D eigenvalue weighted by atomic mass is 10.1. The quantitative estimate of drug-likeness (QED) is 0.443. The number of aromatic nitrogens is 2. The summed E-state index contributed by atoms with van der Waals surface area (Å²) in [5, 5.41) is 10.3. The Morgan fingerprint density at radius 1 is 1.26 bits per heavy atom. The number of carbonyl (C=O) groups excluding carboxylic acids is 1. The van der Waals surface area contributed by atoms with Gasteiger partial charge in [-0.3, -0.25) is 4.98 Å². The standard InChI is InChI=1S/C23H19N3O5/c1-13(2)26-11-17(10-24)18-8-15(4-5-20(18)26)19-9-16(6-7-25-19)22(27)29-12-21-14(3)30-23(28)31-21/h4-9,11,13H,12H2,1-3H3. The predicted molar refractivity (Wildman–Crippen MR) is 111 cm³/mol. The van der Waals surface area contributed by atoms with Crippen LogP contribution in [0.1, 0.15) is 47.3 Å². The zero-order valence-electron chi connectivity index (χ0n) is 17.2. The molecule has 0 unspecified atom stereocenters. The highest BCUT2D eigenvalue weighted by molar-refractivity contribution is 5.92. The lowest BCUT2D eigenvalue weighted by Crippen LogP contribution is -2.06. The topological polar surface area (TPSA) is 111 Å². The molecule has 0 amide bonds. The lowest BCUT2D eigenvalue weighted by molar-refractivity contribution is 0.0443. The molecule has 0 bridgehead atoms. The molecule has 0 saturated heterocycles. The van der Waals surface area contributed by atoms with Crippen LogP contribution in [-0.4, -0.2) is 15.5 Å². The highest BCUT2D eigenvalue weighted by Crippen LogP contribution is 2.29. The second-order valence-electron chi connectivity index (χ2n) is 7.33. The summed E-state index contributed by atoms with van der Waals surface area (Å²) >= 11 is 0. The van der Waals surface area contributed by atoms with Gasteiger partial charge in [-0.2, -0.15) is 5.26 Å². The van der Waals surface area contributed by atoms with Crippen molar-refractivity contribution in [3.8, 4) is 17.3 Å². The van der Waals surface area contributed by atoms with Gasteiger partial charge in [0, 0.05) is 34.9 Å². The third-order valence-corrected chi connectivity index (χ3v) is 4.97. The number of nitrogens with zero attached hydrogens (tertiary/aromatic N) is 3. The second-order valence-corrected chi connectivity index (χ2v) is 7.33. The van der Waals surface area contributed by atoms with Crippen LogP contribution in [0.2, 0.25) is 0 Å². The van der Waals surface area contributed by atoms with E-state index in [2.05, 4.69) is 29.5 Å². The van der Waals surface area contributed by atoms with Crippen molar-refractivity contribution >= 4 is 16.9 Å². The molecule has 156 valence electrons. The Labute approximate surface area is 177 Å². The maximum atomic E-state index is 12.5. The molecule has 0 aliphatic carbocycles. The fraction of sp³-hybridized carbons (Fsp3) is 0.217. The van der Waals surface area contributed by atoms with Gasteiger partial charge in [0.2, 0.25) is 0 Å². The summed E-state index contributed by atoms with van der Waals surface area (Å²) in [7, 11) is 0. The van der Waals surface area contributed by atoms with Crippen LogP contribution in [0, 0.1) is 18.3 Å². The summed E-state index contributed by atoms with van der Waals surface area (Å²) in [4.78, 5) is 27.9. The van der Waals surface area contributed by atoms with Crippen LogP contribution in [0.4, 0.5) is 0 Å². The summed E-state index contributed by atoms with van der Waals surface area (Å²) in [5.41, 5.74) is 3.19. The predicted octanol–water partition coefficient (Wildman–Crippen LogP) is 4.37. The molecule has 1 aromatic carbocycles. The zero-order chi connectivity index (χ0) is 22.1. The molecule has 3 heterocycles. The fourth-order valence-electron chi connectivity index (χ4n) is 3.37. The van der Waals surface area contributed by atoms with Crippen LogP contribution in [0.3, 0.4) is 0 Å². The minimum Gasteiger partial charge on any atom is -0.454 e. The molecule has 0 radical (unpaired) electrons. The van der Waals surface area contributed by atoms with Crippen molar-refractivity contribution in [2.24, 2.45) is 0 Å². The van der Waals surface area contributed by atoms with Crippen LogP contribution in [-0.2, 0) is 11.3 Å². The van der Waals surface area contributed by atoms with Gasteiger partial charge in [-0.05, 0) is 45.0 Å². The van der Waals surface area contributed by atoms with Crippen LogP contribution in [0.5, 0.6) is 0 Å². The second kappa shape index (κ2) is 7.95. The van der Waals surface area contributed by atoms with Gasteiger partial charge in [-0.1, -0.05) is 6.07 Å². The Balaban J connectivity index is 1.62. The molecule has 0 N–H and O–H groups in total. The number of hydrogen-bond acceptors (Lipinski definition) is 7. The fourth-order valence-corrected chi connectivity index (χ4v) is 3.37. The van der Waals surface area contributed by atoms with Crippen molar-refractivity contribution in [3.05, 3.63) is 76.0 Å². The summed E-state index contributed by atoms with van der Waals surface area (Å²) in [6.45, 7) is 5.45. The van der Waals surface area contributed by atoms with E-state index in [-0.39, 0.29) is 24.2 Å². The third kappa shape index (κ3) is 3.85. The van der Waals surface area contributed by atoms with Crippen LogP contribution < -0.4 is 5.82 Å².